The van der Waals surface area contributed by atoms with Gasteiger partial charge >= 0.3 is 0 Å². The summed E-state index contributed by atoms with van der Waals surface area (Å²) < 4.78 is 22.4. The summed E-state index contributed by atoms with van der Waals surface area (Å²) >= 11 is 8.54. The van der Waals surface area contributed by atoms with Gasteiger partial charge in [0.05, 0.1) is 4.90 Å². The third-order valence-electron chi connectivity index (χ3n) is 1.18. The molecule has 0 saturated carbocycles. The Bertz CT molecular complexity index is 404. The van der Waals surface area contributed by atoms with Gasteiger partial charge in [0.1, 0.15) is 9.76 Å². The van der Waals surface area contributed by atoms with Gasteiger partial charge in [0.25, 0.3) is 0 Å². The molecule has 3 nitrogen and oxygen atoms in total. The Labute approximate surface area is 83.8 Å². The van der Waals surface area contributed by atoms with Gasteiger partial charge in [-0.2, -0.15) is 0 Å². The zero-order valence-corrected chi connectivity index (χ0v) is 9.24. The lowest BCUT2D eigenvalue weighted by molar-refractivity contribution is 0.601. The van der Waals surface area contributed by atoms with Crippen LogP contribution in [0.25, 0.3) is 0 Å². The molecule has 0 N–H and O–H groups in total. The molecule has 6 heteroatoms. The molecule has 0 aliphatic carbocycles. The number of hydrogen-bond donors (Lipinski definition) is 0. The standard InChI is InChI=1S/C6H5BrClNO2S/c1-12(10,11)4-2-3-5(8)9-6(4)7/h2-3H,1H3. The van der Waals surface area contributed by atoms with E-state index in [0.717, 1.165) is 6.26 Å². The second-order valence-electron chi connectivity index (χ2n) is 2.20. The lowest BCUT2D eigenvalue weighted by atomic mass is 10.5. The summed E-state index contributed by atoms with van der Waals surface area (Å²) in [7, 11) is -3.22. The number of rotatable bonds is 1. The second kappa shape index (κ2) is 3.32. The van der Waals surface area contributed by atoms with E-state index in [2.05, 4.69) is 20.9 Å². The molecular weight excluding hydrogens is 265 g/mol. The summed E-state index contributed by atoms with van der Waals surface area (Å²) in [5.74, 6) is 0. The van der Waals surface area contributed by atoms with Gasteiger partial charge in [-0.1, -0.05) is 11.6 Å². The fourth-order valence-electron chi connectivity index (χ4n) is 0.676. The molecule has 0 unspecified atom stereocenters. The van der Waals surface area contributed by atoms with E-state index in [1.165, 1.54) is 12.1 Å². The van der Waals surface area contributed by atoms with E-state index in [-0.39, 0.29) is 14.7 Å². The Morgan fingerprint density at radius 3 is 2.50 bits per heavy atom. The van der Waals surface area contributed by atoms with E-state index in [9.17, 15) is 8.42 Å². The Balaban J connectivity index is 3.39. The molecule has 1 aromatic rings. The van der Waals surface area contributed by atoms with E-state index in [1.807, 2.05) is 0 Å². The topological polar surface area (TPSA) is 47.0 Å². The zero-order valence-electron chi connectivity index (χ0n) is 6.08. The van der Waals surface area contributed by atoms with Gasteiger partial charge in [-0.25, -0.2) is 13.4 Å². The highest BCUT2D eigenvalue weighted by molar-refractivity contribution is 9.10. The molecule has 0 spiro atoms. The molecular formula is C6H5BrClNO2S. The Hall–Kier alpha value is -0.130. The van der Waals surface area contributed by atoms with E-state index in [1.54, 1.807) is 0 Å². The van der Waals surface area contributed by atoms with Crippen molar-refractivity contribution in [2.24, 2.45) is 0 Å². The van der Waals surface area contributed by atoms with Crippen molar-refractivity contribution in [1.29, 1.82) is 0 Å². The number of halogens is 2. The lowest BCUT2D eigenvalue weighted by Gasteiger charge is -1.99. The fourth-order valence-corrected chi connectivity index (χ4v) is 2.80. The first kappa shape index (κ1) is 9.95. The quantitative estimate of drug-likeness (QED) is 0.732. The average Bonchev–Trinajstić information content (AvgIpc) is 1.83. The molecule has 0 aliphatic heterocycles. The number of aromatic nitrogens is 1. The largest absolute Gasteiger partial charge is 0.228 e. The van der Waals surface area contributed by atoms with Crippen LogP contribution in [-0.4, -0.2) is 19.7 Å². The van der Waals surface area contributed by atoms with E-state index in [4.69, 9.17) is 11.6 Å². The SMILES string of the molecule is CS(=O)(=O)c1ccc(Cl)nc1Br. The van der Waals surface area contributed by atoms with Crippen LogP contribution in [0.15, 0.2) is 21.6 Å². The summed E-state index contributed by atoms with van der Waals surface area (Å²) in [6, 6.07) is 2.84. The van der Waals surface area contributed by atoms with Crippen molar-refractivity contribution in [3.05, 3.63) is 21.9 Å². The van der Waals surface area contributed by atoms with Crippen LogP contribution in [0.1, 0.15) is 0 Å². The maximum absolute atomic E-state index is 11.1. The normalized spacial score (nSPS) is 11.6. The maximum Gasteiger partial charge on any atom is 0.178 e. The molecule has 0 aromatic carbocycles. The molecule has 0 bridgehead atoms. The molecule has 0 atom stereocenters. The predicted octanol–water partition coefficient (Wildman–Crippen LogP) is 1.90. The molecule has 1 rings (SSSR count). The predicted molar refractivity (Wildman–Crippen MR) is 50.1 cm³/mol. The van der Waals surface area contributed by atoms with Crippen molar-refractivity contribution in [3.63, 3.8) is 0 Å². The molecule has 1 aromatic heterocycles. The monoisotopic (exact) mass is 269 g/mol. The molecule has 0 amide bonds. The van der Waals surface area contributed by atoms with Crippen molar-refractivity contribution in [1.82, 2.24) is 4.98 Å². The third-order valence-corrected chi connectivity index (χ3v) is 3.39. The maximum atomic E-state index is 11.1. The van der Waals surface area contributed by atoms with Crippen LogP contribution in [-0.2, 0) is 9.84 Å². The smallest absolute Gasteiger partial charge is 0.178 e. The Morgan fingerprint density at radius 2 is 2.08 bits per heavy atom. The first-order valence-electron chi connectivity index (χ1n) is 2.93. The summed E-state index contributed by atoms with van der Waals surface area (Å²) in [5.41, 5.74) is 0. The highest BCUT2D eigenvalue weighted by atomic mass is 79.9. The van der Waals surface area contributed by atoms with Crippen LogP contribution < -0.4 is 0 Å². The minimum Gasteiger partial charge on any atom is -0.228 e. The van der Waals surface area contributed by atoms with E-state index in [0.29, 0.717) is 0 Å². The van der Waals surface area contributed by atoms with Crippen LogP contribution in [0.2, 0.25) is 5.15 Å². The van der Waals surface area contributed by atoms with Gasteiger partial charge < -0.3 is 0 Å². The Morgan fingerprint density at radius 1 is 1.50 bits per heavy atom. The van der Waals surface area contributed by atoms with E-state index >= 15 is 0 Å². The van der Waals surface area contributed by atoms with Crippen molar-refractivity contribution < 1.29 is 8.42 Å². The average molecular weight is 271 g/mol. The van der Waals surface area contributed by atoms with Gasteiger partial charge in [0.2, 0.25) is 0 Å². The number of nitrogens with zero attached hydrogens (tertiary/aromatic N) is 1. The highest BCUT2D eigenvalue weighted by Crippen LogP contribution is 2.21. The summed E-state index contributed by atoms with van der Waals surface area (Å²) in [6.45, 7) is 0. The number of sulfone groups is 1. The number of pyridine rings is 1. The van der Waals surface area contributed by atoms with Gasteiger partial charge in [0.15, 0.2) is 9.84 Å². The first-order valence-corrected chi connectivity index (χ1v) is 5.99. The van der Waals surface area contributed by atoms with Crippen molar-refractivity contribution in [3.8, 4) is 0 Å². The molecule has 0 aliphatic rings. The molecule has 1 heterocycles. The fraction of sp³-hybridized carbons (Fsp3) is 0.167. The minimum absolute atomic E-state index is 0.145. The first-order chi connectivity index (χ1) is 5.41. The molecule has 0 saturated heterocycles. The van der Waals surface area contributed by atoms with Crippen molar-refractivity contribution in [2.45, 2.75) is 4.90 Å². The van der Waals surface area contributed by atoms with Gasteiger partial charge in [-0.3, -0.25) is 0 Å². The molecule has 66 valence electrons. The lowest BCUT2D eigenvalue weighted by Crippen LogP contribution is -1.99. The number of hydrogen-bond acceptors (Lipinski definition) is 3. The van der Waals surface area contributed by atoms with Crippen molar-refractivity contribution >= 4 is 37.4 Å². The summed E-state index contributed by atoms with van der Waals surface area (Å²) in [4.78, 5) is 3.89. The molecule has 0 radical (unpaired) electrons. The van der Waals surface area contributed by atoms with Gasteiger partial charge in [-0.05, 0) is 28.1 Å². The summed E-state index contributed by atoms with van der Waals surface area (Å²) in [5, 5.41) is 0.259. The van der Waals surface area contributed by atoms with Crippen LogP contribution in [0.3, 0.4) is 0 Å². The highest BCUT2D eigenvalue weighted by Gasteiger charge is 2.12. The van der Waals surface area contributed by atoms with Crippen LogP contribution in [0.5, 0.6) is 0 Å². The van der Waals surface area contributed by atoms with Crippen LogP contribution in [0, 0.1) is 0 Å². The molecule has 12 heavy (non-hydrogen) atoms. The summed E-state index contributed by atoms with van der Waals surface area (Å²) in [6.07, 6.45) is 1.11. The van der Waals surface area contributed by atoms with Crippen LogP contribution >= 0.6 is 27.5 Å². The zero-order chi connectivity index (χ0) is 9.35. The van der Waals surface area contributed by atoms with Gasteiger partial charge in [0, 0.05) is 6.26 Å². The van der Waals surface area contributed by atoms with E-state index < -0.39 is 9.84 Å². The van der Waals surface area contributed by atoms with Crippen LogP contribution in [0.4, 0.5) is 0 Å². The second-order valence-corrected chi connectivity index (χ2v) is 5.32. The third kappa shape index (κ3) is 2.18. The Kier molecular flexibility index (Phi) is 2.75. The van der Waals surface area contributed by atoms with Gasteiger partial charge in [-0.15, -0.1) is 0 Å². The van der Waals surface area contributed by atoms with Crippen molar-refractivity contribution in [2.75, 3.05) is 6.26 Å². The molecule has 0 fully saturated rings. The minimum atomic E-state index is -3.22.